The van der Waals surface area contributed by atoms with Crippen LogP contribution in [0.2, 0.25) is 0 Å². The molecule has 1 aromatic carbocycles. The van der Waals surface area contributed by atoms with Crippen LogP contribution in [0.5, 0.6) is 11.6 Å². The van der Waals surface area contributed by atoms with Gasteiger partial charge in [0.15, 0.2) is 5.75 Å². The molecular formula is C14H10BrN5O3. The van der Waals surface area contributed by atoms with E-state index in [0.29, 0.717) is 11.3 Å². The Labute approximate surface area is 138 Å². The van der Waals surface area contributed by atoms with Crippen LogP contribution in [0, 0.1) is 10.1 Å². The molecule has 0 saturated carbocycles. The van der Waals surface area contributed by atoms with Gasteiger partial charge in [-0.3, -0.25) is 15.1 Å². The third-order valence-corrected chi connectivity index (χ3v) is 3.79. The fraction of sp³-hybridized carbons (Fsp3) is 0.0714. The van der Waals surface area contributed by atoms with Crippen LogP contribution in [0.1, 0.15) is 0 Å². The molecule has 0 amide bonds. The van der Waals surface area contributed by atoms with E-state index in [0.717, 1.165) is 9.86 Å². The molecule has 3 aromatic rings. The average molecular weight is 376 g/mol. The Balaban J connectivity index is 2.14. The number of hydrogen-bond acceptors (Lipinski definition) is 7. The molecule has 0 aliphatic rings. The molecule has 0 fully saturated rings. The fourth-order valence-corrected chi connectivity index (χ4v) is 2.54. The molecule has 0 aliphatic heterocycles. The van der Waals surface area contributed by atoms with Crippen molar-refractivity contribution in [1.82, 2.24) is 15.0 Å². The second-order valence-electron chi connectivity index (χ2n) is 4.43. The number of nitrogens with zero attached hydrogens (tertiary/aromatic N) is 4. The highest BCUT2D eigenvalue weighted by atomic mass is 79.9. The lowest BCUT2D eigenvalue weighted by molar-refractivity contribution is -0.385. The van der Waals surface area contributed by atoms with Crippen molar-refractivity contribution < 1.29 is 9.66 Å². The lowest BCUT2D eigenvalue weighted by atomic mass is 10.2. The third-order valence-electron chi connectivity index (χ3n) is 3.09. The summed E-state index contributed by atoms with van der Waals surface area (Å²) >= 11 is 3.44. The first-order chi connectivity index (χ1) is 11.1. The van der Waals surface area contributed by atoms with Crippen LogP contribution in [0.25, 0.3) is 10.9 Å². The second kappa shape index (κ2) is 6.13. The number of pyridine rings is 1. The number of hydrogen-bond donors (Lipinski definition) is 1. The number of nitrogens with one attached hydrogen (secondary N) is 1. The number of ether oxygens (including phenoxy) is 1. The van der Waals surface area contributed by atoms with Crippen LogP contribution in [-0.4, -0.2) is 26.9 Å². The van der Waals surface area contributed by atoms with Crippen LogP contribution >= 0.6 is 15.9 Å². The van der Waals surface area contributed by atoms with Gasteiger partial charge in [0.1, 0.15) is 11.8 Å². The van der Waals surface area contributed by atoms with E-state index in [-0.39, 0.29) is 17.4 Å². The van der Waals surface area contributed by atoms with Crippen molar-refractivity contribution in [1.29, 1.82) is 0 Å². The topological polar surface area (TPSA) is 103 Å². The maximum absolute atomic E-state index is 11.3. The number of aromatic nitrogens is 3. The smallest absolute Gasteiger partial charge is 0.373 e. The predicted molar refractivity (Wildman–Crippen MR) is 87.8 cm³/mol. The Hall–Kier alpha value is -2.81. The van der Waals surface area contributed by atoms with Crippen molar-refractivity contribution in [3.8, 4) is 11.6 Å². The first-order valence-corrected chi connectivity index (χ1v) is 7.29. The van der Waals surface area contributed by atoms with E-state index in [1.807, 2.05) is 6.07 Å². The number of nitro groups is 1. The molecule has 1 N–H and O–H groups in total. The van der Waals surface area contributed by atoms with Gasteiger partial charge in [-0.2, -0.15) is 4.98 Å². The van der Waals surface area contributed by atoms with Crippen LogP contribution in [-0.2, 0) is 0 Å². The minimum Gasteiger partial charge on any atom is -0.431 e. The van der Waals surface area contributed by atoms with Crippen molar-refractivity contribution in [3.05, 3.63) is 51.4 Å². The zero-order valence-electron chi connectivity index (χ0n) is 11.9. The minimum absolute atomic E-state index is 0.0781. The fourth-order valence-electron chi connectivity index (χ4n) is 2.08. The molecule has 8 nitrogen and oxygen atoms in total. The Morgan fingerprint density at radius 3 is 2.83 bits per heavy atom. The molecular weight excluding hydrogens is 366 g/mol. The molecule has 116 valence electrons. The zero-order chi connectivity index (χ0) is 16.4. The molecule has 0 spiro atoms. The Bertz CT molecular complexity index is 903. The summed E-state index contributed by atoms with van der Waals surface area (Å²) in [5.41, 5.74) is 0.239. The molecule has 3 rings (SSSR count). The van der Waals surface area contributed by atoms with E-state index in [1.54, 1.807) is 24.4 Å². The lowest BCUT2D eigenvalue weighted by Gasteiger charge is -2.09. The van der Waals surface area contributed by atoms with Gasteiger partial charge in [0, 0.05) is 23.1 Å². The second-order valence-corrected chi connectivity index (χ2v) is 5.28. The van der Waals surface area contributed by atoms with Gasteiger partial charge < -0.3 is 10.1 Å². The van der Waals surface area contributed by atoms with E-state index in [4.69, 9.17) is 4.74 Å². The van der Waals surface area contributed by atoms with E-state index < -0.39 is 4.92 Å². The molecule has 0 unspecified atom stereocenters. The standard InChI is InChI=1S/C14H10BrN5O3/c1-16-13-12(20(21)22)14(19-7-18-13)23-10-5-4-9(15)8-3-2-6-17-11(8)10/h2-7H,1H3,(H,16,18,19). The number of anilines is 1. The quantitative estimate of drug-likeness (QED) is 0.549. The molecule has 9 heteroatoms. The van der Waals surface area contributed by atoms with Crippen molar-refractivity contribution in [2.75, 3.05) is 12.4 Å². The first kappa shape index (κ1) is 15.1. The Kier molecular flexibility index (Phi) is 4.02. The largest absolute Gasteiger partial charge is 0.431 e. The molecule has 23 heavy (non-hydrogen) atoms. The molecule has 2 aromatic heterocycles. The summed E-state index contributed by atoms with van der Waals surface area (Å²) in [5, 5.41) is 14.8. The van der Waals surface area contributed by atoms with Gasteiger partial charge in [0.05, 0.1) is 4.92 Å². The van der Waals surface area contributed by atoms with Crippen LogP contribution < -0.4 is 10.1 Å². The molecule has 0 radical (unpaired) electrons. The SMILES string of the molecule is CNc1ncnc(Oc2ccc(Br)c3cccnc23)c1[N+](=O)[O-]. The van der Waals surface area contributed by atoms with Gasteiger partial charge in [-0.25, -0.2) is 4.98 Å². The van der Waals surface area contributed by atoms with Gasteiger partial charge in [-0.15, -0.1) is 0 Å². The Morgan fingerprint density at radius 1 is 1.26 bits per heavy atom. The van der Waals surface area contributed by atoms with Crippen LogP contribution in [0.4, 0.5) is 11.5 Å². The Morgan fingerprint density at radius 2 is 2.09 bits per heavy atom. The monoisotopic (exact) mass is 375 g/mol. The summed E-state index contributed by atoms with van der Waals surface area (Å²) in [7, 11) is 1.54. The third kappa shape index (κ3) is 2.78. The van der Waals surface area contributed by atoms with E-state index in [2.05, 4.69) is 36.2 Å². The molecule has 0 aliphatic carbocycles. The number of benzene rings is 1. The highest BCUT2D eigenvalue weighted by molar-refractivity contribution is 9.10. The van der Waals surface area contributed by atoms with Crippen LogP contribution in [0.15, 0.2) is 41.3 Å². The maximum atomic E-state index is 11.3. The van der Waals surface area contributed by atoms with Gasteiger partial charge in [-0.1, -0.05) is 22.0 Å². The predicted octanol–water partition coefficient (Wildman–Crippen LogP) is 3.53. The number of rotatable bonds is 4. The van der Waals surface area contributed by atoms with Gasteiger partial charge in [0.2, 0.25) is 5.82 Å². The van der Waals surface area contributed by atoms with Gasteiger partial charge in [-0.05, 0) is 18.2 Å². The van der Waals surface area contributed by atoms with Crippen molar-refractivity contribution >= 4 is 38.3 Å². The minimum atomic E-state index is -0.588. The molecule has 0 saturated heterocycles. The number of fused-ring (bicyclic) bond motifs is 1. The highest BCUT2D eigenvalue weighted by Crippen LogP contribution is 2.37. The van der Waals surface area contributed by atoms with Gasteiger partial charge in [0.25, 0.3) is 0 Å². The highest BCUT2D eigenvalue weighted by Gasteiger charge is 2.25. The zero-order valence-corrected chi connectivity index (χ0v) is 13.4. The summed E-state index contributed by atoms with van der Waals surface area (Å²) in [4.78, 5) is 22.7. The first-order valence-electron chi connectivity index (χ1n) is 6.50. The van der Waals surface area contributed by atoms with Crippen LogP contribution in [0.3, 0.4) is 0 Å². The van der Waals surface area contributed by atoms with Gasteiger partial charge >= 0.3 is 11.6 Å². The van der Waals surface area contributed by atoms with E-state index in [9.17, 15) is 10.1 Å². The summed E-state index contributed by atoms with van der Waals surface area (Å²) in [6.45, 7) is 0. The molecule has 0 atom stereocenters. The summed E-state index contributed by atoms with van der Waals surface area (Å²) < 4.78 is 6.51. The summed E-state index contributed by atoms with van der Waals surface area (Å²) in [6.07, 6.45) is 2.82. The normalized spacial score (nSPS) is 10.5. The summed E-state index contributed by atoms with van der Waals surface area (Å²) in [6, 6.07) is 7.12. The lowest BCUT2D eigenvalue weighted by Crippen LogP contribution is -2.03. The molecule has 0 bridgehead atoms. The van der Waals surface area contributed by atoms with Crippen molar-refractivity contribution in [3.63, 3.8) is 0 Å². The van der Waals surface area contributed by atoms with Crippen molar-refractivity contribution in [2.24, 2.45) is 0 Å². The summed E-state index contributed by atoms with van der Waals surface area (Å²) in [5.74, 6) is 0.297. The number of halogens is 1. The van der Waals surface area contributed by atoms with Crippen molar-refractivity contribution in [2.45, 2.75) is 0 Å². The average Bonchev–Trinajstić information content (AvgIpc) is 2.57. The van der Waals surface area contributed by atoms with E-state index >= 15 is 0 Å². The molecule has 2 heterocycles. The maximum Gasteiger partial charge on any atom is 0.373 e. The van der Waals surface area contributed by atoms with E-state index in [1.165, 1.54) is 13.4 Å².